The molecule has 5 aliphatic carbocycles. The summed E-state index contributed by atoms with van der Waals surface area (Å²) < 4.78 is 12.3. The highest BCUT2D eigenvalue weighted by Crippen LogP contribution is 2.76. The topological polar surface area (TPSA) is 76.1 Å². The number of hydrogen-bond acceptors (Lipinski definition) is 5. The van der Waals surface area contributed by atoms with Crippen LogP contribution in [0.5, 0.6) is 0 Å². The molecule has 30 heavy (non-hydrogen) atoms. The molecule has 0 bridgehead atoms. The smallest absolute Gasteiger partial charge is 0.311 e. The molecule has 6 rings (SSSR count). The van der Waals surface area contributed by atoms with Gasteiger partial charge >= 0.3 is 5.97 Å². The van der Waals surface area contributed by atoms with Crippen molar-refractivity contribution in [2.75, 3.05) is 0 Å². The Morgan fingerprint density at radius 2 is 1.93 bits per heavy atom. The number of ether oxygens (including phenoxy) is 2. The normalized spacial score (nSPS) is 58.0. The SMILES string of the molecule is CC(C)(C)C(=O)O[C@H]1CC[C@]2(C)C3CC[C@]4(C)C(=O)[C@H]5CC5C4C3C(O)[C@H]3O[C@]32C1. The van der Waals surface area contributed by atoms with Gasteiger partial charge in [-0.15, -0.1) is 0 Å². The fourth-order valence-corrected chi connectivity index (χ4v) is 8.70. The van der Waals surface area contributed by atoms with Crippen LogP contribution in [0.4, 0.5) is 0 Å². The van der Waals surface area contributed by atoms with Gasteiger partial charge in [0.15, 0.2) is 0 Å². The van der Waals surface area contributed by atoms with Crippen LogP contribution >= 0.6 is 0 Å². The van der Waals surface area contributed by atoms with Gasteiger partial charge in [0.2, 0.25) is 0 Å². The van der Waals surface area contributed by atoms with E-state index in [1.165, 1.54) is 0 Å². The fourth-order valence-electron chi connectivity index (χ4n) is 8.70. The zero-order valence-corrected chi connectivity index (χ0v) is 18.9. The molecule has 0 aromatic carbocycles. The first kappa shape index (κ1) is 19.7. The molecular weight excluding hydrogens is 380 g/mol. The van der Waals surface area contributed by atoms with E-state index in [0.29, 0.717) is 30.0 Å². The lowest BCUT2D eigenvalue weighted by Gasteiger charge is -2.59. The number of hydrogen-bond donors (Lipinski definition) is 1. The van der Waals surface area contributed by atoms with Gasteiger partial charge in [-0.2, -0.15) is 0 Å². The number of Topliss-reactive ketones (excluding diaryl/α,β-unsaturated/α-hetero) is 1. The number of aliphatic hydroxyl groups excluding tert-OH is 1. The maximum absolute atomic E-state index is 13.0. The maximum atomic E-state index is 13.0. The van der Waals surface area contributed by atoms with E-state index < -0.39 is 11.5 Å². The Labute approximate surface area is 179 Å². The molecule has 5 heteroatoms. The molecule has 1 saturated heterocycles. The van der Waals surface area contributed by atoms with Gasteiger partial charge in [0.1, 0.15) is 23.6 Å². The molecule has 6 aliphatic rings. The number of esters is 1. The van der Waals surface area contributed by atoms with E-state index in [1.54, 1.807) is 0 Å². The largest absolute Gasteiger partial charge is 0.462 e. The van der Waals surface area contributed by atoms with E-state index in [2.05, 4.69) is 13.8 Å². The lowest BCUT2D eigenvalue weighted by atomic mass is 9.43. The summed E-state index contributed by atoms with van der Waals surface area (Å²) in [6.45, 7) is 10.2. The lowest BCUT2D eigenvalue weighted by molar-refractivity contribution is -0.174. The maximum Gasteiger partial charge on any atom is 0.311 e. The van der Waals surface area contributed by atoms with Crippen LogP contribution in [0.2, 0.25) is 0 Å². The molecule has 0 aromatic heterocycles. The van der Waals surface area contributed by atoms with Crippen molar-refractivity contribution in [3.63, 3.8) is 0 Å². The Morgan fingerprint density at radius 1 is 1.20 bits per heavy atom. The summed E-state index contributed by atoms with van der Waals surface area (Å²) >= 11 is 0. The highest BCUT2D eigenvalue weighted by molar-refractivity contribution is 5.92. The van der Waals surface area contributed by atoms with E-state index in [-0.39, 0.29) is 46.4 Å². The van der Waals surface area contributed by atoms with Gasteiger partial charge in [0.05, 0.1) is 11.5 Å². The minimum absolute atomic E-state index is 0.0104. The number of rotatable bonds is 1. The zero-order valence-electron chi connectivity index (χ0n) is 18.9. The minimum Gasteiger partial charge on any atom is -0.462 e. The van der Waals surface area contributed by atoms with Crippen LogP contribution in [-0.4, -0.2) is 40.8 Å². The second-order valence-electron chi connectivity index (χ2n) is 12.9. The number of carbonyl (C=O) groups is 2. The third-order valence-electron chi connectivity index (χ3n) is 10.4. The van der Waals surface area contributed by atoms with E-state index in [4.69, 9.17) is 9.47 Å². The third kappa shape index (κ3) is 2.17. The van der Waals surface area contributed by atoms with Gasteiger partial charge in [0.25, 0.3) is 0 Å². The van der Waals surface area contributed by atoms with Crippen molar-refractivity contribution >= 4 is 11.8 Å². The van der Waals surface area contributed by atoms with Crippen molar-refractivity contribution in [3.05, 3.63) is 0 Å². The van der Waals surface area contributed by atoms with Crippen molar-refractivity contribution < 1.29 is 24.2 Å². The first-order valence-electron chi connectivity index (χ1n) is 12.1. The number of fused-ring (bicyclic) bond motifs is 6. The van der Waals surface area contributed by atoms with Crippen molar-refractivity contribution in [1.82, 2.24) is 0 Å². The first-order chi connectivity index (χ1) is 13.9. The molecular formula is C25H36O5. The Hall–Kier alpha value is -0.940. The van der Waals surface area contributed by atoms with E-state index in [9.17, 15) is 14.7 Å². The van der Waals surface area contributed by atoms with Gasteiger partial charge in [-0.3, -0.25) is 9.59 Å². The van der Waals surface area contributed by atoms with Crippen LogP contribution in [0.25, 0.3) is 0 Å². The van der Waals surface area contributed by atoms with Crippen molar-refractivity contribution in [3.8, 4) is 0 Å². The molecule has 0 amide bonds. The van der Waals surface area contributed by atoms with Gasteiger partial charge < -0.3 is 14.6 Å². The molecule has 0 aromatic rings. The second-order valence-corrected chi connectivity index (χ2v) is 12.9. The summed E-state index contributed by atoms with van der Waals surface area (Å²) in [5, 5.41) is 11.5. The number of ketones is 1. The average molecular weight is 417 g/mol. The average Bonchev–Trinajstić information content (AvgIpc) is 3.56. The standard InChI is InChI=1S/C25H36O5/c1-22(2,3)21(28)29-12-6-9-24(5)15-7-8-23(4)17(13-10-14(13)19(23)27)16(15)18(26)20-25(24,11-12)30-20/h12-18,20,26H,6-11H2,1-5H3/t12-,13?,14-,15?,16?,17?,18?,20+,23-,24+,25+/m0/s1. The summed E-state index contributed by atoms with van der Waals surface area (Å²) in [5.74, 6) is 1.94. The molecule has 11 atom stereocenters. The summed E-state index contributed by atoms with van der Waals surface area (Å²) in [5.41, 5.74) is -1.12. The Kier molecular flexibility index (Phi) is 3.62. The summed E-state index contributed by atoms with van der Waals surface area (Å²) in [4.78, 5) is 25.5. The number of aliphatic hydroxyl groups is 1. The molecule has 166 valence electrons. The Bertz CT molecular complexity index is 830. The van der Waals surface area contributed by atoms with Crippen molar-refractivity contribution in [1.29, 1.82) is 0 Å². The molecule has 1 N–H and O–H groups in total. The van der Waals surface area contributed by atoms with Gasteiger partial charge in [-0.25, -0.2) is 0 Å². The van der Waals surface area contributed by atoms with E-state index >= 15 is 0 Å². The highest BCUT2D eigenvalue weighted by Gasteiger charge is 2.81. The molecule has 1 aliphatic heterocycles. The molecule has 1 spiro atoms. The predicted octanol–water partition coefficient (Wildman–Crippen LogP) is 3.51. The minimum atomic E-state index is -0.511. The van der Waals surface area contributed by atoms with Crippen LogP contribution < -0.4 is 0 Å². The number of epoxide rings is 1. The molecule has 5 saturated carbocycles. The predicted molar refractivity (Wildman–Crippen MR) is 109 cm³/mol. The van der Waals surface area contributed by atoms with Crippen LogP contribution in [0.15, 0.2) is 0 Å². The molecule has 5 unspecified atom stereocenters. The van der Waals surface area contributed by atoms with Crippen molar-refractivity contribution in [2.45, 2.75) is 97.1 Å². The Balaban J connectivity index is 1.29. The number of carbonyl (C=O) groups excluding carboxylic acids is 2. The molecule has 0 radical (unpaired) electrons. The van der Waals surface area contributed by atoms with Crippen LogP contribution in [-0.2, 0) is 19.1 Å². The quantitative estimate of drug-likeness (QED) is 0.523. The van der Waals surface area contributed by atoms with E-state index in [0.717, 1.165) is 32.1 Å². The third-order valence-corrected chi connectivity index (χ3v) is 10.4. The molecule has 1 heterocycles. The highest BCUT2D eigenvalue weighted by atomic mass is 16.6. The van der Waals surface area contributed by atoms with E-state index in [1.807, 2.05) is 20.8 Å². The molecule has 5 nitrogen and oxygen atoms in total. The summed E-state index contributed by atoms with van der Waals surface area (Å²) in [6, 6.07) is 0. The molecule has 6 fully saturated rings. The van der Waals surface area contributed by atoms with Gasteiger partial charge in [-0.1, -0.05) is 13.8 Å². The zero-order chi connectivity index (χ0) is 21.4. The van der Waals surface area contributed by atoms with Crippen LogP contribution in [0.3, 0.4) is 0 Å². The summed E-state index contributed by atoms with van der Waals surface area (Å²) in [6.07, 6.45) is 4.71. The lowest BCUT2D eigenvalue weighted by Crippen LogP contribution is -2.63. The summed E-state index contributed by atoms with van der Waals surface area (Å²) in [7, 11) is 0. The van der Waals surface area contributed by atoms with Crippen LogP contribution in [0.1, 0.15) is 73.1 Å². The first-order valence-corrected chi connectivity index (χ1v) is 12.1. The van der Waals surface area contributed by atoms with Gasteiger partial charge in [0, 0.05) is 23.2 Å². The fraction of sp³-hybridized carbons (Fsp3) is 0.920. The van der Waals surface area contributed by atoms with Crippen molar-refractivity contribution in [2.24, 2.45) is 45.8 Å². The monoisotopic (exact) mass is 416 g/mol. The van der Waals surface area contributed by atoms with Gasteiger partial charge in [-0.05, 0) is 76.5 Å². The Morgan fingerprint density at radius 3 is 2.63 bits per heavy atom. The second kappa shape index (κ2) is 5.51. The van der Waals surface area contributed by atoms with Crippen LogP contribution in [0, 0.1) is 45.8 Å².